The van der Waals surface area contributed by atoms with Crippen molar-refractivity contribution in [2.45, 2.75) is 38.5 Å². The Morgan fingerprint density at radius 3 is 1.82 bits per heavy atom. The molecule has 0 radical (unpaired) electrons. The molecule has 1 amide bonds. The second-order valence-corrected chi connectivity index (χ2v) is 9.67. The lowest BCUT2D eigenvalue weighted by Crippen LogP contribution is -2.24. The van der Waals surface area contributed by atoms with Crippen LogP contribution >= 0.6 is 0 Å². The van der Waals surface area contributed by atoms with Crippen molar-refractivity contribution in [3.8, 4) is 28.0 Å². The number of hydrogen-bond donors (Lipinski definition) is 2. The molecular formula is C34H33NO4. The van der Waals surface area contributed by atoms with Gasteiger partial charge in [-0.25, -0.2) is 0 Å². The number of carbonyl (C=O) groups excluding carboxylic acids is 3. The monoisotopic (exact) mass is 519 g/mol. The zero-order valence-corrected chi connectivity index (χ0v) is 21.9. The molecule has 4 rings (SSSR count). The number of benzene rings is 4. The van der Waals surface area contributed by atoms with Gasteiger partial charge in [-0.3, -0.25) is 14.4 Å². The topological polar surface area (TPSA) is 83.5 Å². The summed E-state index contributed by atoms with van der Waals surface area (Å²) >= 11 is 0. The predicted molar refractivity (Wildman–Crippen MR) is 155 cm³/mol. The lowest BCUT2D eigenvalue weighted by molar-refractivity contribution is 0.0952. The number of amides is 1. The Labute approximate surface area is 229 Å². The zero-order valence-electron chi connectivity index (χ0n) is 21.9. The fourth-order valence-electron chi connectivity index (χ4n) is 4.70. The largest absolute Gasteiger partial charge is 0.507 e. The SMILES string of the molecule is O=Cc1cccc(-c2cc(C(=O)NCCCCCCCc3ccccc3)cc(-c3cccc(C=O)c3)c2O)c1. The second-order valence-electron chi connectivity index (χ2n) is 9.67. The first-order chi connectivity index (χ1) is 19.1. The Kier molecular flexibility index (Phi) is 9.79. The summed E-state index contributed by atoms with van der Waals surface area (Å²) in [5, 5.41) is 14.2. The van der Waals surface area contributed by atoms with Gasteiger partial charge in [-0.1, -0.05) is 86.0 Å². The summed E-state index contributed by atoms with van der Waals surface area (Å²) in [4.78, 5) is 35.8. The molecule has 4 aromatic rings. The molecule has 0 saturated heterocycles. The van der Waals surface area contributed by atoms with E-state index in [9.17, 15) is 19.5 Å². The molecule has 5 heteroatoms. The highest BCUT2D eigenvalue weighted by Gasteiger charge is 2.17. The lowest BCUT2D eigenvalue weighted by atomic mass is 9.93. The van der Waals surface area contributed by atoms with Gasteiger partial charge in [0.2, 0.25) is 0 Å². The minimum Gasteiger partial charge on any atom is -0.507 e. The van der Waals surface area contributed by atoms with Gasteiger partial charge in [0, 0.05) is 34.4 Å². The normalized spacial score (nSPS) is 10.7. The minimum absolute atomic E-state index is 0.0202. The van der Waals surface area contributed by atoms with Crippen molar-refractivity contribution in [2.24, 2.45) is 0 Å². The van der Waals surface area contributed by atoms with E-state index in [2.05, 4.69) is 29.6 Å². The fourth-order valence-corrected chi connectivity index (χ4v) is 4.70. The van der Waals surface area contributed by atoms with E-state index in [1.165, 1.54) is 5.56 Å². The summed E-state index contributed by atoms with van der Waals surface area (Å²) in [5.74, 6) is -0.257. The van der Waals surface area contributed by atoms with Crippen LogP contribution in [-0.4, -0.2) is 30.1 Å². The Morgan fingerprint density at radius 1 is 0.667 bits per heavy atom. The predicted octanol–water partition coefficient (Wildman–Crippen LogP) is 7.27. The molecule has 39 heavy (non-hydrogen) atoms. The van der Waals surface area contributed by atoms with Crippen LogP contribution in [0.5, 0.6) is 5.75 Å². The third-order valence-electron chi connectivity index (χ3n) is 6.81. The number of phenols is 1. The van der Waals surface area contributed by atoms with E-state index in [1.807, 2.05) is 6.07 Å². The number of carbonyl (C=O) groups is 3. The molecule has 0 aromatic heterocycles. The van der Waals surface area contributed by atoms with Gasteiger partial charge in [-0.2, -0.15) is 0 Å². The average molecular weight is 520 g/mol. The summed E-state index contributed by atoms with van der Waals surface area (Å²) < 4.78 is 0. The number of phenolic OH excluding ortho intramolecular Hbond substituents is 1. The van der Waals surface area contributed by atoms with Crippen LogP contribution in [0.15, 0.2) is 91.0 Å². The molecule has 0 aliphatic carbocycles. The molecule has 0 spiro atoms. The molecule has 5 nitrogen and oxygen atoms in total. The maximum absolute atomic E-state index is 13.2. The van der Waals surface area contributed by atoms with Crippen molar-refractivity contribution in [3.05, 3.63) is 113 Å². The van der Waals surface area contributed by atoms with Gasteiger partial charge in [0.25, 0.3) is 5.91 Å². The van der Waals surface area contributed by atoms with Crippen molar-refractivity contribution >= 4 is 18.5 Å². The van der Waals surface area contributed by atoms with Crippen LogP contribution in [0.25, 0.3) is 22.3 Å². The number of hydrogen-bond acceptors (Lipinski definition) is 4. The summed E-state index contributed by atoms with van der Waals surface area (Å²) in [6.07, 6.45) is 7.94. The third kappa shape index (κ3) is 7.51. The Morgan fingerprint density at radius 2 is 1.23 bits per heavy atom. The van der Waals surface area contributed by atoms with E-state index in [-0.39, 0.29) is 11.7 Å². The van der Waals surface area contributed by atoms with Gasteiger partial charge >= 0.3 is 0 Å². The van der Waals surface area contributed by atoms with Crippen molar-refractivity contribution in [1.82, 2.24) is 5.32 Å². The zero-order chi connectivity index (χ0) is 27.5. The highest BCUT2D eigenvalue weighted by molar-refractivity contribution is 5.99. The van der Waals surface area contributed by atoms with Crippen LogP contribution in [0.1, 0.15) is 68.7 Å². The van der Waals surface area contributed by atoms with Crippen LogP contribution in [0.3, 0.4) is 0 Å². The van der Waals surface area contributed by atoms with E-state index in [4.69, 9.17) is 0 Å². The Bertz CT molecular complexity index is 1360. The maximum atomic E-state index is 13.2. The van der Waals surface area contributed by atoms with Gasteiger partial charge in [0.1, 0.15) is 18.3 Å². The van der Waals surface area contributed by atoms with E-state index in [1.54, 1.807) is 60.7 Å². The van der Waals surface area contributed by atoms with Crippen molar-refractivity contribution in [3.63, 3.8) is 0 Å². The van der Waals surface area contributed by atoms with Gasteiger partial charge in [-0.15, -0.1) is 0 Å². The smallest absolute Gasteiger partial charge is 0.251 e. The number of aromatic hydroxyl groups is 1. The quantitative estimate of drug-likeness (QED) is 0.144. The molecule has 0 bridgehead atoms. The molecule has 4 aromatic carbocycles. The van der Waals surface area contributed by atoms with E-state index in [0.29, 0.717) is 45.5 Å². The number of aldehydes is 2. The maximum Gasteiger partial charge on any atom is 0.251 e. The Hall–Kier alpha value is -4.51. The molecule has 0 atom stereocenters. The molecule has 0 heterocycles. The molecule has 0 fully saturated rings. The van der Waals surface area contributed by atoms with Crippen LogP contribution < -0.4 is 5.32 Å². The van der Waals surface area contributed by atoms with Gasteiger partial charge in [0.15, 0.2) is 0 Å². The number of aryl methyl sites for hydroxylation is 1. The Balaban J connectivity index is 1.44. The van der Waals surface area contributed by atoms with Crippen LogP contribution in [-0.2, 0) is 6.42 Å². The van der Waals surface area contributed by atoms with Gasteiger partial charge < -0.3 is 10.4 Å². The molecule has 2 N–H and O–H groups in total. The number of unbranched alkanes of at least 4 members (excludes halogenated alkanes) is 4. The van der Waals surface area contributed by atoms with Crippen LogP contribution in [0.4, 0.5) is 0 Å². The molecule has 0 saturated carbocycles. The molecule has 198 valence electrons. The highest BCUT2D eigenvalue weighted by atomic mass is 16.3. The van der Waals surface area contributed by atoms with Gasteiger partial charge in [0.05, 0.1) is 0 Å². The first kappa shape index (κ1) is 27.5. The van der Waals surface area contributed by atoms with E-state index >= 15 is 0 Å². The lowest BCUT2D eigenvalue weighted by Gasteiger charge is -2.15. The molecule has 0 aliphatic rings. The first-order valence-corrected chi connectivity index (χ1v) is 13.4. The van der Waals surface area contributed by atoms with Crippen LogP contribution in [0.2, 0.25) is 0 Å². The molecular weight excluding hydrogens is 486 g/mol. The van der Waals surface area contributed by atoms with Crippen molar-refractivity contribution < 1.29 is 19.5 Å². The summed E-state index contributed by atoms with van der Waals surface area (Å²) in [5.41, 5.74) is 4.82. The van der Waals surface area contributed by atoms with Crippen molar-refractivity contribution in [2.75, 3.05) is 6.54 Å². The van der Waals surface area contributed by atoms with Gasteiger partial charge in [-0.05, 0) is 60.2 Å². The standard InChI is InChI=1S/C34H33NO4/c36-23-26-14-9-16-28(19-26)31-21-30(22-32(33(31)38)29-17-10-15-27(20-29)24-37)34(39)35-18-8-3-1-2-5-11-25-12-6-4-7-13-25/h4,6-7,9-10,12-17,19-24,38H,1-3,5,8,11,18H2,(H,35,39). The third-order valence-corrected chi connectivity index (χ3v) is 6.81. The molecule has 0 unspecified atom stereocenters. The average Bonchev–Trinajstić information content (AvgIpc) is 2.99. The van der Waals surface area contributed by atoms with E-state index < -0.39 is 0 Å². The van der Waals surface area contributed by atoms with Crippen molar-refractivity contribution in [1.29, 1.82) is 0 Å². The highest BCUT2D eigenvalue weighted by Crippen LogP contribution is 2.39. The first-order valence-electron chi connectivity index (χ1n) is 13.4. The number of nitrogens with one attached hydrogen (secondary N) is 1. The number of rotatable bonds is 13. The van der Waals surface area contributed by atoms with Crippen LogP contribution in [0, 0.1) is 0 Å². The summed E-state index contributed by atoms with van der Waals surface area (Å²) in [7, 11) is 0. The minimum atomic E-state index is -0.236. The fraction of sp³-hybridized carbons (Fsp3) is 0.206. The molecule has 0 aliphatic heterocycles. The van der Waals surface area contributed by atoms with E-state index in [0.717, 1.165) is 51.1 Å². The summed E-state index contributed by atoms with van der Waals surface area (Å²) in [6.45, 7) is 0.560. The summed E-state index contributed by atoms with van der Waals surface area (Å²) in [6, 6.07) is 27.5. The second kappa shape index (κ2) is 13.9.